The van der Waals surface area contributed by atoms with E-state index in [2.05, 4.69) is 33.2 Å². The fraction of sp³-hybridized carbons (Fsp3) is 0.806. The molecule has 0 unspecified atom stereocenters. The molecule has 0 saturated heterocycles. The highest BCUT2D eigenvalue weighted by atomic mass is 16.5. The third-order valence-corrected chi connectivity index (χ3v) is 6.76. The zero-order chi connectivity index (χ0) is 34.1. The predicted octanol–water partition coefficient (Wildman–Crippen LogP) is 0.0599. The zero-order valence-corrected chi connectivity index (χ0v) is 27.4. The van der Waals surface area contributed by atoms with Crippen LogP contribution in [-0.2, 0) is 38.2 Å². The SMILES string of the molecule is C=[NH+]N[C@@H](CCCCNC(=O)CCC(=O)NCCCOCCOCCOCCCNC(=O)CCCCCCCCC(=O)O)C(=O)O. The van der Waals surface area contributed by atoms with Crippen molar-refractivity contribution in [2.75, 3.05) is 59.3 Å². The van der Waals surface area contributed by atoms with Crippen LogP contribution in [0.2, 0.25) is 0 Å². The van der Waals surface area contributed by atoms with Crippen LogP contribution in [0.5, 0.6) is 0 Å². The van der Waals surface area contributed by atoms with Gasteiger partial charge in [0.05, 0.1) is 26.4 Å². The van der Waals surface area contributed by atoms with Crippen LogP contribution in [0.1, 0.15) is 96.3 Å². The van der Waals surface area contributed by atoms with Gasteiger partial charge in [-0.3, -0.25) is 19.2 Å². The molecule has 3 amide bonds. The van der Waals surface area contributed by atoms with Gasteiger partial charge in [0.15, 0.2) is 12.8 Å². The summed E-state index contributed by atoms with van der Waals surface area (Å²) in [5.41, 5.74) is 2.55. The fourth-order valence-corrected chi connectivity index (χ4v) is 4.19. The van der Waals surface area contributed by atoms with E-state index in [1.165, 1.54) is 0 Å². The number of hydrazine groups is 1. The lowest BCUT2D eigenvalue weighted by Gasteiger charge is -2.09. The molecule has 46 heavy (non-hydrogen) atoms. The molecule has 7 N–H and O–H groups in total. The first-order valence-electron chi connectivity index (χ1n) is 16.5. The average Bonchev–Trinajstić information content (AvgIpc) is 3.02. The third kappa shape index (κ3) is 30.7. The number of amides is 3. The van der Waals surface area contributed by atoms with E-state index in [-0.39, 0.29) is 37.0 Å². The lowest BCUT2D eigenvalue weighted by atomic mass is 10.1. The summed E-state index contributed by atoms with van der Waals surface area (Å²) in [4.78, 5) is 57.1. The molecule has 0 spiro atoms. The molecule has 0 fully saturated rings. The minimum atomic E-state index is -0.971. The largest absolute Gasteiger partial charge is 0.481 e. The lowest BCUT2D eigenvalue weighted by molar-refractivity contribution is -0.522. The number of rotatable bonds is 34. The van der Waals surface area contributed by atoms with Gasteiger partial charge < -0.3 is 40.4 Å². The number of ether oxygens (including phenoxy) is 3. The molecular formula is C31H58N5O10+. The Bertz CT molecular complexity index is 847. The molecule has 0 aromatic rings. The van der Waals surface area contributed by atoms with Crippen LogP contribution in [0, 0.1) is 0 Å². The summed E-state index contributed by atoms with van der Waals surface area (Å²) in [6, 6.07) is -0.740. The van der Waals surface area contributed by atoms with Gasteiger partial charge in [0, 0.05) is 58.5 Å². The van der Waals surface area contributed by atoms with E-state index >= 15 is 0 Å². The van der Waals surface area contributed by atoms with Crippen molar-refractivity contribution in [3.8, 4) is 0 Å². The van der Waals surface area contributed by atoms with E-state index in [0.29, 0.717) is 91.4 Å². The number of aliphatic carboxylic acids is 2. The van der Waals surface area contributed by atoms with Crippen molar-refractivity contribution in [3.63, 3.8) is 0 Å². The molecule has 0 aromatic heterocycles. The number of hydrogen-bond acceptors (Lipinski definition) is 9. The molecule has 0 bridgehead atoms. The number of hydrogen-bond donors (Lipinski definition) is 7. The Labute approximate surface area is 272 Å². The van der Waals surface area contributed by atoms with Gasteiger partial charge in [0.25, 0.3) is 0 Å². The molecule has 15 heteroatoms. The Morgan fingerprint density at radius 1 is 0.543 bits per heavy atom. The first kappa shape index (κ1) is 42.7. The van der Waals surface area contributed by atoms with Crippen LogP contribution in [0.15, 0.2) is 0 Å². The highest BCUT2D eigenvalue weighted by molar-refractivity contribution is 5.83. The van der Waals surface area contributed by atoms with Crippen molar-refractivity contribution in [2.45, 2.75) is 102 Å². The highest BCUT2D eigenvalue weighted by Crippen LogP contribution is 2.08. The summed E-state index contributed by atoms with van der Waals surface area (Å²) in [6.45, 7) is 7.59. The topological polar surface area (TPSA) is 216 Å². The number of unbranched alkanes of at least 4 members (excludes halogenated alkanes) is 6. The lowest BCUT2D eigenvalue weighted by Crippen LogP contribution is -2.81. The van der Waals surface area contributed by atoms with E-state index in [4.69, 9.17) is 24.4 Å². The van der Waals surface area contributed by atoms with Crippen molar-refractivity contribution in [3.05, 3.63) is 0 Å². The second-order valence-electron chi connectivity index (χ2n) is 10.8. The summed E-state index contributed by atoms with van der Waals surface area (Å²) in [7, 11) is 0. The van der Waals surface area contributed by atoms with Gasteiger partial charge in [-0.25, -0.2) is 4.79 Å². The van der Waals surface area contributed by atoms with Crippen molar-refractivity contribution in [1.82, 2.24) is 21.4 Å². The van der Waals surface area contributed by atoms with Gasteiger partial charge in [-0.15, -0.1) is 5.10 Å². The first-order valence-corrected chi connectivity index (χ1v) is 16.5. The van der Waals surface area contributed by atoms with Crippen LogP contribution in [0.25, 0.3) is 0 Å². The van der Waals surface area contributed by atoms with Crippen LogP contribution in [-0.4, -0.2) is 112 Å². The Balaban J connectivity index is 3.39. The minimum Gasteiger partial charge on any atom is -0.481 e. The Hall–Kier alpha value is -3.30. The molecular weight excluding hydrogens is 602 g/mol. The van der Waals surface area contributed by atoms with Crippen LogP contribution >= 0.6 is 0 Å². The van der Waals surface area contributed by atoms with Crippen molar-refractivity contribution in [1.29, 1.82) is 0 Å². The predicted molar refractivity (Wildman–Crippen MR) is 171 cm³/mol. The number of carboxylic acid groups (broad SMARTS) is 2. The Kier molecular flexibility index (Phi) is 29.4. The average molecular weight is 661 g/mol. The molecule has 1 atom stereocenters. The first-order chi connectivity index (χ1) is 22.3. The summed E-state index contributed by atoms with van der Waals surface area (Å²) in [5.74, 6) is -2.09. The van der Waals surface area contributed by atoms with Gasteiger partial charge in [-0.05, 0) is 44.9 Å². The molecule has 0 aliphatic carbocycles. The van der Waals surface area contributed by atoms with E-state index in [1.54, 1.807) is 0 Å². The van der Waals surface area contributed by atoms with Crippen molar-refractivity contribution >= 4 is 36.4 Å². The zero-order valence-electron chi connectivity index (χ0n) is 27.4. The maximum Gasteiger partial charge on any atom is 0.331 e. The molecule has 0 aliphatic heterocycles. The summed E-state index contributed by atoms with van der Waals surface area (Å²) >= 11 is 0. The maximum atomic E-state index is 11.9. The number of hydrazone groups is 1. The fourth-order valence-electron chi connectivity index (χ4n) is 4.19. The van der Waals surface area contributed by atoms with Crippen LogP contribution < -0.4 is 26.5 Å². The van der Waals surface area contributed by atoms with Gasteiger partial charge in [-0.1, -0.05) is 25.7 Å². The second kappa shape index (κ2) is 31.7. The summed E-state index contributed by atoms with van der Waals surface area (Å²) in [6.07, 6.45) is 9.45. The number of carbonyl (C=O) groups is 5. The standard InChI is InChI=1S/C31H57N5O10/c1-32-36-26(31(42)43)12-8-9-17-33-28(38)15-16-29(39)35-19-11-21-45-23-25-46-24-22-44-20-10-18-34-27(37)13-6-4-2-3-5-7-14-30(40)41/h26,36H,1-25H2,(H,33,38)(H,34,37)(H,35,39)(H,40,41)(H,42,43)/p+1/t26-/m0/s1. The molecule has 0 saturated carbocycles. The molecule has 15 nitrogen and oxygen atoms in total. The van der Waals surface area contributed by atoms with E-state index in [1.807, 2.05) is 0 Å². The Morgan fingerprint density at radius 3 is 1.46 bits per heavy atom. The van der Waals surface area contributed by atoms with Crippen LogP contribution in [0.3, 0.4) is 0 Å². The Morgan fingerprint density at radius 2 is 0.978 bits per heavy atom. The summed E-state index contributed by atoms with van der Waals surface area (Å²) in [5, 5.41) is 28.4. The van der Waals surface area contributed by atoms with E-state index in [9.17, 15) is 24.0 Å². The molecule has 0 aromatic carbocycles. The third-order valence-electron chi connectivity index (χ3n) is 6.76. The van der Waals surface area contributed by atoms with Crippen molar-refractivity contribution in [2.24, 2.45) is 0 Å². The van der Waals surface area contributed by atoms with Gasteiger partial charge >= 0.3 is 11.9 Å². The van der Waals surface area contributed by atoms with Gasteiger partial charge in [0.2, 0.25) is 17.7 Å². The van der Waals surface area contributed by atoms with E-state index < -0.39 is 18.0 Å². The highest BCUT2D eigenvalue weighted by Gasteiger charge is 2.17. The van der Waals surface area contributed by atoms with Crippen molar-refractivity contribution < 1.29 is 53.5 Å². The van der Waals surface area contributed by atoms with Gasteiger partial charge in [0.1, 0.15) is 0 Å². The van der Waals surface area contributed by atoms with Crippen LogP contribution in [0.4, 0.5) is 0 Å². The minimum absolute atomic E-state index is 0.0489. The molecule has 0 heterocycles. The molecule has 0 rings (SSSR count). The molecule has 0 aliphatic rings. The second-order valence-corrected chi connectivity index (χ2v) is 10.8. The maximum absolute atomic E-state index is 11.9. The normalized spacial score (nSPS) is 11.4. The quantitative estimate of drug-likeness (QED) is 0.0278. The monoisotopic (exact) mass is 660 g/mol. The summed E-state index contributed by atoms with van der Waals surface area (Å²) < 4.78 is 16.4. The van der Waals surface area contributed by atoms with E-state index in [0.717, 1.165) is 44.9 Å². The number of nitrogens with one attached hydrogen (secondary N) is 5. The smallest absolute Gasteiger partial charge is 0.331 e. The van der Waals surface area contributed by atoms with Gasteiger partial charge in [-0.2, -0.15) is 5.43 Å². The number of carbonyl (C=O) groups excluding carboxylic acids is 3. The molecule has 266 valence electrons. The molecule has 0 radical (unpaired) electrons. The number of carboxylic acids is 2.